The van der Waals surface area contributed by atoms with Gasteiger partial charge in [0.2, 0.25) is 0 Å². The molecule has 3 heterocycles. The molecule has 1 aromatic carbocycles. The van der Waals surface area contributed by atoms with E-state index in [1.165, 1.54) is 4.88 Å². The highest BCUT2D eigenvalue weighted by Crippen LogP contribution is 2.49. The van der Waals surface area contributed by atoms with Gasteiger partial charge in [-0.2, -0.15) is 0 Å². The van der Waals surface area contributed by atoms with Gasteiger partial charge in [-0.1, -0.05) is 6.07 Å². The third-order valence-electron chi connectivity index (χ3n) is 5.78. The van der Waals surface area contributed by atoms with Crippen LogP contribution in [0.2, 0.25) is 0 Å². The first kappa shape index (κ1) is 23.5. The fraction of sp³-hybridized carbons (Fsp3) is 0.269. The number of hydrogen-bond donors (Lipinski definition) is 1. The molecule has 0 radical (unpaired) electrons. The number of rotatable bonds is 10. The lowest BCUT2D eigenvalue weighted by Crippen LogP contribution is -2.15. The fourth-order valence-corrected chi connectivity index (χ4v) is 5.72. The van der Waals surface area contributed by atoms with Gasteiger partial charge in [-0.05, 0) is 60.5 Å². The second kappa shape index (κ2) is 10.2. The molecule has 35 heavy (non-hydrogen) atoms. The van der Waals surface area contributed by atoms with Gasteiger partial charge in [-0.15, -0.1) is 22.7 Å². The normalized spacial score (nSPS) is 13.1. The zero-order chi connectivity index (χ0) is 24.4. The largest absolute Gasteiger partial charge is 0.491 e. The van der Waals surface area contributed by atoms with Crippen LogP contribution in [0.25, 0.3) is 21.7 Å². The number of nitrogens with zero attached hydrogens (tertiary/aromatic N) is 3. The number of aromatic carboxylic acids is 1. The standard InChI is InChI=1S/C26H25N3O4S2/c1-29(24-20(25(30)31)14-18(15-27-24)21-4-3-13-34-21)26-28-22(23(35-26)17-5-6-17)16-7-9-19(10-8-16)33-12-11-32-2/h3-4,7-10,13-15,17H,5-6,11-12H2,1-2H3,(H,30,31). The molecule has 4 aromatic rings. The summed E-state index contributed by atoms with van der Waals surface area (Å²) in [6, 6.07) is 13.5. The van der Waals surface area contributed by atoms with Gasteiger partial charge < -0.3 is 19.5 Å². The third-order valence-corrected chi connectivity index (χ3v) is 7.99. The van der Waals surface area contributed by atoms with Crippen LogP contribution in [0.15, 0.2) is 54.0 Å². The zero-order valence-electron chi connectivity index (χ0n) is 19.4. The maximum absolute atomic E-state index is 12.1. The Morgan fingerprint density at radius 1 is 1.17 bits per heavy atom. The molecule has 9 heteroatoms. The Bertz CT molecular complexity index is 1320. The number of carboxylic acid groups (broad SMARTS) is 1. The summed E-state index contributed by atoms with van der Waals surface area (Å²) < 4.78 is 10.7. The number of hydrogen-bond acceptors (Lipinski definition) is 8. The van der Waals surface area contributed by atoms with Crippen molar-refractivity contribution in [2.75, 3.05) is 32.3 Å². The van der Waals surface area contributed by atoms with Crippen LogP contribution in [0.1, 0.15) is 34.0 Å². The van der Waals surface area contributed by atoms with Gasteiger partial charge >= 0.3 is 5.97 Å². The predicted molar refractivity (Wildman–Crippen MR) is 139 cm³/mol. The van der Waals surface area contributed by atoms with Gasteiger partial charge in [0.25, 0.3) is 0 Å². The highest BCUT2D eigenvalue weighted by Gasteiger charge is 2.31. The van der Waals surface area contributed by atoms with Crippen molar-refractivity contribution in [2.24, 2.45) is 0 Å². The van der Waals surface area contributed by atoms with E-state index in [4.69, 9.17) is 14.5 Å². The zero-order valence-corrected chi connectivity index (χ0v) is 21.1. The molecule has 0 aliphatic heterocycles. The van der Waals surface area contributed by atoms with Gasteiger partial charge in [0, 0.05) is 41.2 Å². The number of carboxylic acids is 1. The number of methoxy groups -OCH3 is 1. The number of ether oxygens (including phenoxy) is 2. The molecule has 5 rings (SSSR count). The fourth-order valence-electron chi connectivity index (χ4n) is 3.79. The van der Waals surface area contributed by atoms with E-state index in [1.807, 2.05) is 48.8 Å². The molecule has 3 aromatic heterocycles. The first-order valence-electron chi connectivity index (χ1n) is 11.3. The van der Waals surface area contributed by atoms with Crippen molar-refractivity contribution >= 4 is 39.6 Å². The molecule has 0 unspecified atom stereocenters. The second-order valence-electron chi connectivity index (χ2n) is 8.29. The maximum atomic E-state index is 12.1. The van der Waals surface area contributed by atoms with E-state index < -0.39 is 5.97 Å². The van der Waals surface area contributed by atoms with E-state index in [9.17, 15) is 9.90 Å². The number of pyridine rings is 1. The minimum Gasteiger partial charge on any atom is -0.491 e. The predicted octanol–water partition coefficient (Wildman–Crippen LogP) is 6.30. The smallest absolute Gasteiger partial charge is 0.339 e. The second-order valence-corrected chi connectivity index (χ2v) is 10.2. The van der Waals surface area contributed by atoms with Crippen molar-refractivity contribution in [1.29, 1.82) is 0 Å². The molecular weight excluding hydrogens is 482 g/mol. The van der Waals surface area contributed by atoms with Crippen molar-refractivity contribution in [1.82, 2.24) is 9.97 Å². The lowest BCUT2D eigenvalue weighted by Gasteiger charge is -2.17. The molecule has 0 bridgehead atoms. The average molecular weight is 508 g/mol. The molecule has 0 amide bonds. The lowest BCUT2D eigenvalue weighted by molar-refractivity contribution is 0.0697. The minimum absolute atomic E-state index is 0.153. The van der Waals surface area contributed by atoms with Crippen molar-refractivity contribution in [2.45, 2.75) is 18.8 Å². The van der Waals surface area contributed by atoms with Crippen LogP contribution >= 0.6 is 22.7 Å². The van der Waals surface area contributed by atoms with E-state index in [2.05, 4.69) is 4.98 Å². The van der Waals surface area contributed by atoms with Gasteiger partial charge in [-0.3, -0.25) is 0 Å². The van der Waals surface area contributed by atoms with Crippen molar-refractivity contribution < 1.29 is 19.4 Å². The summed E-state index contributed by atoms with van der Waals surface area (Å²) in [5, 5.41) is 12.6. The van der Waals surface area contributed by atoms with Crippen LogP contribution in [0.3, 0.4) is 0 Å². The lowest BCUT2D eigenvalue weighted by atomic mass is 10.1. The van der Waals surface area contributed by atoms with Gasteiger partial charge in [0.05, 0.1) is 12.3 Å². The number of thiazole rings is 1. The van der Waals surface area contributed by atoms with Gasteiger partial charge in [-0.25, -0.2) is 14.8 Å². The highest BCUT2D eigenvalue weighted by atomic mass is 32.1. The summed E-state index contributed by atoms with van der Waals surface area (Å²) in [6.45, 7) is 1.04. The molecule has 180 valence electrons. The topological polar surface area (TPSA) is 84.8 Å². The summed E-state index contributed by atoms with van der Waals surface area (Å²) in [4.78, 5) is 25.6. The summed E-state index contributed by atoms with van der Waals surface area (Å²) in [7, 11) is 3.47. The average Bonchev–Trinajstić information content (AvgIpc) is 3.38. The summed E-state index contributed by atoms with van der Waals surface area (Å²) in [5.74, 6) is 0.645. The monoisotopic (exact) mass is 507 g/mol. The van der Waals surface area contributed by atoms with Gasteiger partial charge in [0.1, 0.15) is 23.7 Å². The van der Waals surface area contributed by atoms with Crippen LogP contribution in [-0.4, -0.2) is 48.4 Å². The van der Waals surface area contributed by atoms with Crippen LogP contribution < -0.4 is 9.64 Å². The number of aromatic nitrogens is 2. The van der Waals surface area contributed by atoms with Crippen molar-refractivity contribution in [3.63, 3.8) is 0 Å². The maximum Gasteiger partial charge on any atom is 0.339 e. The highest BCUT2D eigenvalue weighted by molar-refractivity contribution is 7.16. The van der Waals surface area contributed by atoms with Gasteiger partial charge in [0.15, 0.2) is 5.13 Å². The SMILES string of the molecule is COCCOc1ccc(-c2nc(N(C)c3ncc(-c4cccs4)cc3C(=O)O)sc2C2CC2)cc1. The number of benzene rings is 1. The number of thiophene rings is 1. The van der Waals surface area contributed by atoms with Crippen LogP contribution in [-0.2, 0) is 4.74 Å². The quantitative estimate of drug-likeness (QED) is 0.252. The van der Waals surface area contributed by atoms with Crippen LogP contribution in [0.5, 0.6) is 5.75 Å². The Morgan fingerprint density at radius 3 is 2.63 bits per heavy atom. The third kappa shape index (κ3) is 5.07. The van der Waals surface area contributed by atoms with Crippen molar-refractivity contribution in [3.05, 3.63) is 64.5 Å². The Morgan fingerprint density at radius 2 is 1.97 bits per heavy atom. The Balaban J connectivity index is 1.46. The van der Waals surface area contributed by atoms with E-state index in [1.54, 1.807) is 46.9 Å². The summed E-state index contributed by atoms with van der Waals surface area (Å²) in [6.07, 6.45) is 4.01. The van der Waals surface area contributed by atoms with Crippen LogP contribution in [0, 0.1) is 0 Å². The van der Waals surface area contributed by atoms with E-state index in [-0.39, 0.29) is 5.56 Å². The summed E-state index contributed by atoms with van der Waals surface area (Å²) in [5.41, 5.74) is 2.90. The first-order valence-corrected chi connectivity index (χ1v) is 13.0. The number of carbonyl (C=O) groups is 1. The molecule has 1 aliphatic carbocycles. The molecular formula is C26H25N3O4S2. The molecule has 7 nitrogen and oxygen atoms in total. The molecule has 1 aliphatic rings. The van der Waals surface area contributed by atoms with E-state index >= 15 is 0 Å². The van der Waals surface area contributed by atoms with Crippen LogP contribution in [0.4, 0.5) is 10.9 Å². The molecule has 0 saturated heterocycles. The summed E-state index contributed by atoms with van der Waals surface area (Å²) >= 11 is 3.16. The molecule has 1 N–H and O–H groups in total. The number of anilines is 2. The Hall–Kier alpha value is -3.27. The minimum atomic E-state index is -1.01. The molecule has 1 saturated carbocycles. The first-order chi connectivity index (χ1) is 17.0. The molecule has 0 spiro atoms. The van der Waals surface area contributed by atoms with Crippen molar-refractivity contribution in [3.8, 4) is 27.4 Å². The van der Waals surface area contributed by atoms with E-state index in [0.29, 0.717) is 24.9 Å². The van der Waals surface area contributed by atoms with E-state index in [0.717, 1.165) is 45.4 Å². The molecule has 1 fully saturated rings. The Labute approximate surface area is 211 Å². The molecule has 0 atom stereocenters. The Kier molecular flexibility index (Phi) is 6.81.